The summed E-state index contributed by atoms with van der Waals surface area (Å²) in [4.78, 5) is 25.6. The molecule has 6 atom stereocenters. The van der Waals surface area contributed by atoms with Crippen molar-refractivity contribution in [1.82, 2.24) is 0 Å². The zero-order chi connectivity index (χ0) is 32.9. The highest BCUT2D eigenvalue weighted by Crippen LogP contribution is 2.36. The van der Waals surface area contributed by atoms with Crippen LogP contribution in [0.5, 0.6) is 0 Å². The topological polar surface area (TPSA) is 52.6 Å². The van der Waals surface area contributed by atoms with Gasteiger partial charge in [0.25, 0.3) is 0 Å². The van der Waals surface area contributed by atoms with Crippen LogP contribution in [-0.2, 0) is 19.1 Å². The Morgan fingerprint density at radius 2 is 0.870 bits per heavy atom. The molecular weight excluding hydrogens is 619 g/mol. The summed E-state index contributed by atoms with van der Waals surface area (Å²) in [6.07, 6.45) is 17.0. The molecule has 2 aliphatic carbocycles. The molecule has 0 aromatic rings. The van der Waals surface area contributed by atoms with Crippen LogP contribution in [0.3, 0.4) is 0 Å². The second-order valence-electron chi connectivity index (χ2n) is 17.1. The van der Waals surface area contributed by atoms with E-state index in [1.807, 2.05) is 0 Å². The molecule has 0 bridgehead atoms. The van der Waals surface area contributed by atoms with Crippen molar-refractivity contribution < 1.29 is 52.8 Å². The molecule has 0 heterocycles. The molecule has 2 fully saturated rings. The molecule has 0 spiro atoms. The Bertz CT molecular complexity index is 783. The summed E-state index contributed by atoms with van der Waals surface area (Å²) in [5.41, 5.74) is 0. The maximum absolute atomic E-state index is 12.8. The summed E-state index contributed by atoms with van der Waals surface area (Å²) >= 11 is 0. The number of unbranched alkanes of at least 4 members (excludes halogenated alkanes) is 7. The van der Waals surface area contributed by atoms with E-state index in [9.17, 15) is 9.59 Å². The maximum atomic E-state index is 12.8. The van der Waals surface area contributed by atoms with Gasteiger partial charge in [0.15, 0.2) is 13.1 Å². The Morgan fingerprint density at radius 1 is 0.565 bits per heavy atom. The van der Waals surface area contributed by atoms with E-state index in [2.05, 4.69) is 69.7 Å². The summed E-state index contributed by atoms with van der Waals surface area (Å²) in [7, 11) is 8.67. The van der Waals surface area contributed by atoms with Gasteiger partial charge in [0, 0.05) is 0 Å². The van der Waals surface area contributed by atoms with E-state index in [0.717, 1.165) is 38.8 Å². The third-order valence-electron chi connectivity index (χ3n) is 11.2. The Morgan fingerprint density at radius 3 is 1.17 bits per heavy atom. The average molecular weight is 694 g/mol. The highest BCUT2D eigenvalue weighted by Gasteiger charge is 2.34. The first-order valence-corrected chi connectivity index (χ1v) is 18.6. The van der Waals surface area contributed by atoms with Crippen LogP contribution in [0.15, 0.2) is 0 Å². The van der Waals surface area contributed by atoms with Gasteiger partial charge in [0.1, 0.15) is 12.2 Å². The van der Waals surface area contributed by atoms with Gasteiger partial charge in [-0.1, -0.05) is 67.2 Å². The molecule has 0 amide bonds. The minimum Gasteiger partial charge on any atom is -1.00 e. The quantitative estimate of drug-likeness (QED) is 0.119. The van der Waals surface area contributed by atoms with Gasteiger partial charge in [0.2, 0.25) is 0 Å². The van der Waals surface area contributed by atoms with E-state index >= 15 is 0 Å². The summed E-state index contributed by atoms with van der Waals surface area (Å²) in [6.45, 7) is 16.7. The van der Waals surface area contributed by atoms with Gasteiger partial charge in [-0.2, -0.15) is 0 Å². The molecule has 0 aromatic heterocycles. The standard InChI is InChI=1S/C38H74N2O4.2ClH/c1-29(2)33-21-19-31(5)35(25-33)43-37(41)27-39(7,8)23-17-15-13-11-12-14-16-18-24-40(9,10)28-38(42)44-36-26-34(30(3)4)22-20-32(36)6;;/h29-36H,11-28H2,1-10H3;2*1H/q+2;;/p-2. The fourth-order valence-electron chi connectivity index (χ4n) is 7.57. The lowest BCUT2D eigenvalue weighted by Gasteiger charge is -2.36. The van der Waals surface area contributed by atoms with E-state index in [1.54, 1.807) is 0 Å². The molecule has 0 saturated heterocycles. The summed E-state index contributed by atoms with van der Waals surface area (Å²) < 4.78 is 13.5. The second-order valence-corrected chi connectivity index (χ2v) is 17.1. The average Bonchev–Trinajstić information content (AvgIpc) is 2.91. The van der Waals surface area contributed by atoms with Crippen molar-refractivity contribution >= 4 is 11.9 Å². The van der Waals surface area contributed by atoms with Gasteiger partial charge in [-0.05, 0) is 99.7 Å². The first-order chi connectivity index (χ1) is 20.6. The third kappa shape index (κ3) is 17.7. The van der Waals surface area contributed by atoms with Crippen LogP contribution in [0.1, 0.15) is 131 Å². The van der Waals surface area contributed by atoms with Crippen LogP contribution < -0.4 is 24.8 Å². The number of rotatable bonds is 19. The van der Waals surface area contributed by atoms with Crippen molar-refractivity contribution in [3.05, 3.63) is 0 Å². The molecule has 274 valence electrons. The summed E-state index contributed by atoms with van der Waals surface area (Å²) in [5.74, 6) is 3.61. The highest BCUT2D eigenvalue weighted by atomic mass is 35.5. The van der Waals surface area contributed by atoms with Gasteiger partial charge in [-0.15, -0.1) is 0 Å². The Labute approximate surface area is 297 Å². The molecule has 2 saturated carbocycles. The minimum absolute atomic E-state index is 0. The molecule has 2 aliphatic rings. The van der Waals surface area contributed by atoms with Crippen molar-refractivity contribution in [1.29, 1.82) is 0 Å². The fourth-order valence-corrected chi connectivity index (χ4v) is 7.57. The van der Waals surface area contributed by atoms with E-state index in [-0.39, 0.29) is 49.0 Å². The van der Waals surface area contributed by atoms with Gasteiger partial charge in [-0.25, -0.2) is 9.59 Å². The number of halogens is 2. The molecular formula is C38H74Cl2N2O4. The maximum Gasteiger partial charge on any atom is 0.362 e. The number of hydrogen-bond acceptors (Lipinski definition) is 4. The predicted molar refractivity (Wildman–Crippen MR) is 183 cm³/mol. The molecule has 0 N–H and O–H groups in total. The number of hydrogen-bond donors (Lipinski definition) is 0. The lowest BCUT2D eigenvalue weighted by atomic mass is 9.76. The van der Waals surface area contributed by atoms with Crippen molar-refractivity contribution in [2.24, 2.45) is 35.5 Å². The number of ether oxygens (including phenoxy) is 2. The minimum atomic E-state index is -0.0199. The van der Waals surface area contributed by atoms with Gasteiger partial charge >= 0.3 is 11.9 Å². The zero-order valence-electron chi connectivity index (χ0n) is 31.6. The molecule has 2 rings (SSSR count). The summed E-state index contributed by atoms with van der Waals surface area (Å²) in [6, 6.07) is 0. The second kappa shape index (κ2) is 22.2. The highest BCUT2D eigenvalue weighted by molar-refractivity contribution is 5.71. The molecule has 6 unspecified atom stereocenters. The van der Waals surface area contributed by atoms with Crippen LogP contribution in [0.2, 0.25) is 0 Å². The van der Waals surface area contributed by atoms with Crippen LogP contribution >= 0.6 is 0 Å². The Kier molecular flexibility index (Phi) is 21.9. The lowest BCUT2D eigenvalue weighted by Crippen LogP contribution is -3.00. The normalized spacial score (nSPS) is 25.5. The molecule has 8 heteroatoms. The number of likely N-dealkylation sites (N-methyl/N-ethyl adjacent to an activating group) is 2. The van der Waals surface area contributed by atoms with Gasteiger partial charge in [-0.3, -0.25) is 0 Å². The molecule has 6 nitrogen and oxygen atoms in total. The monoisotopic (exact) mass is 693 g/mol. The fraction of sp³-hybridized carbons (Fsp3) is 0.947. The Balaban J connectivity index is 0.0000101. The largest absolute Gasteiger partial charge is 1.00 e. The third-order valence-corrected chi connectivity index (χ3v) is 11.2. The number of esters is 2. The zero-order valence-corrected chi connectivity index (χ0v) is 33.1. The number of carbonyl (C=O) groups is 2. The molecule has 0 aliphatic heterocycles. The van der Waals surface area contributed by atoms with Crippen molar-refractivity contribution in [2.45, 2.75) is 144 Å². The number of quaternary nitrogens is 2. The van der Waals surface area contributed by atoms with Crippen LogP contribution in [0.4, 0.5) is 0 Å². The van der Waals surface area contributed by atoms with Crippen molar-refractivity contribution in [3.63, 3.8) is 0 Å². The smallest absolute Gasteiger partial charge is 0.362 e. The SMILES string of the molecule is CC(C)C1CCC(C)C(OC(=O)C[N+](C)(C)CCCCCCCCCC[N+](C)(C)CC(=O)OC2CC(C(C)C)CCC2C)C1.[Cl-].[Cl-]. The van der Waals surface area contributed by atoms with Crippen LogP contribution in [-0.4, -0.2) is 87.5 Å². The van der Waals surface area contributed by atoms with Crippen molar-refractivity contribution in [2.75, 3.05) is 54.4 Å². The van der Waals surface area contributed by atoms with Crippen LogP contribution in [0, 0.1) is 35.5 Å². The van der Waals surface area contributed by atoms with E-state index in [1.165, 1.54) is 64.2 Å². The van der Waals surface area contributed by atoms with Gasteiger partial charge in [0.05, 0.1) is 41.3 Å². The van der Waals surface area contributed by atoms with E-state index in [0.29, 0.717) is 57.6 Å². The molecule has 0 radical (unpaired) electrons. The first-order valence-electron chi connectivity index (χ1n) is 18.6. The Hall–Kier alpha value is -0.560. The lowest BCUT2D eigenvalue weighted by molar-refractivity contribution is -0.883. The first kappa shape index (κ1) is 45.4. The number of carbonyl (C=O) groups excluding carboxylic acids is 2. The number of nitrogens with zero attached hydrogens (tertiary/aromatic N) is 2. The van der Waals surface area contributed by atoms with Crippen molar-refractivity contribution in [3.8, 4) is 0 Å². The van der Waals surface area contributed by atoms with Gasteiger partial charge < -0.3 is 43.3 Å². The van der Waals surface area contributed by atoms with E-state index < -0.39 is 0 Å². The predicted octanol–water partition coefficient (Wildman–Crippen LogP) is 2.28. The van der Waals surface area contributed by atoms with Crippen LogP contribution in [0.25, 0.3) is 0 Å². The summed E-state index contributed by atoms with van der Waals surface area (Å²) in [5, 5.41) is 0. The van der Waals surface area contributed by atoms with E-state index in [4.69, 9.17) is 9.47 Å². The molecule has 0 aromatic carbocycles. The molecule has 46 heavy (non-hydrogen) atoms.